The van der Waals surface area contributed by atoms with E-state index in [2.05, 4.69) is 4.98 Å². The van der Waals surface area contributed by atoms with E-state index in [0.717, 1.165) is 18.4 Å². The van der Waals surface area contributed by atoms with Crippen molar-refractivity contribution in [2.45, 2.75) is 38.2 Å². The van der Waals surface area contributed by atoms with Crippen molar-refractivity contribution in [2.75, 3.05) is 5.73 Å². The van der Waals surface area contributed by atoms with Gasteiger partial charge < -0.3 is 10.8 Å². The minimum atomic E-state index is -0.431. The fourth-order valence-corrected chi connectivity index (χ4v) is 2.37. The quantitative estimate of drug-likeness (QED) is 0.780. The summed E-state index contributed by atoms with van der Waals surface area (Å²) in [6.07, 6.45) is 8.88. The molecule has 1 unspecified atom stereocenters. The number of anilines is 1. The van der Waals surface area contributed by atoms with Gasteiger partial charge in [0, 0.05) is 23.6 Å². The molecular formula is C12H18N2O. The van der Waals surface area contributed by atoms with Crippen LogP contribution in [-0.4, -0.2) is 10.1 Å². The molecule has 0 spiro atoms. The number of nitrogen functional groups attached to an aromatic ring is 1. The molecule has 15 heavy (non-hydrogen) atoms. The molecule has 1 aromatic heterocycles. The molecule has 0 radical (unpaired) electrons. The molecule has 0 aliphatic heterocycles. The molecule has 3 heteroatoms. The molecule has 82 valence electrons. The fourth-order valence-electron chi connectivity index (χ4n) is 2.37. The number of aromatic nitrogens is 1. The van der Waals surface area contributed by atoms with Gasteiger partial charge in [-0.15, -0.1) is 0 Å². The lowest BCUT2D eigenvalue weighted by Crippen LogP contribution is -2.17. The van der Waals surface area contributed by atoms with Gasteiger partial charge in [-0.2, -0.15) is 0 Å². The largest absolute Gasteiger partial charge is 0.398 e. The maximum Gasteiger partial charge on any atom is 0.0853 e. The Hall–Kier alpha value is -1.09. The highest BCUT2D eigenvalue weighted by Gasteiger charge is 2.24. The third kappa shape index (κ3) is 2.29. The summed E-state index contributed by atoms with van der Waals surface area (Å²) in [6, 6.07) is 1.75. The number of aliphatic hydroxyl groups excluding tert-OH is 1. The van der Waals surface area contributed by atoms with Gasteiger partial charge in [-0.3, -0.25) is 4.98 Å². The maximum atomic E-state index is 10.2. The average Bonchev–Trinajstić information content (AvgIpc) is 2.30. The van der Waals surface area contributed by atoms with Gasteiger partial charge in [-0.25, -0.2) is 0 Å². The zero-order chi connectivity index (χ0) is 10.7. The summed E-state index contributed by atoms with van der Waals surface area (Å²) in [5.41, 5.74) is 7.28. The molecule has 1 aromatic rings. The highest BCUT2D eigenvalue weighted by atomic mass is 16.3. The van der Waals surface area contributed by atoms with Crippen molar-refractivity contribution in [3.05, 3.63) is 24.0 Å². The van der Waals surface area contributed by atoms with Crippen molar-refractivity contribution < 1.29 is 5.11 Å². The lowest BCUT2D eigenvalue weighted by atomic mass is 9.83. The van der Waals surface area contributed by atoms with Crippen LogP contribution in [-0.2, 0) is 0 Å². The zero-order valence-corrected chi connectivity index (χ0v) is 8.89. The smallest absolute Gasteiger partial charge is 0.0853 e. The third-order valence-electron chi connectivity index (χ3n) is 3.30. The van der Waals surface area contributed by atoms with Crippen LogP contribution in [0.4, 0.5) is 5.69 Å². The van der Waals surface area contributed by atoms with Crippen LogP contribution in [0.1, 0.15) is 43.8 Å². The monoisotopic (exact) mass is 206 g/mol. The summed E-state index contributed by atoms with van der Waals surface area (Å²) >= 11 is 0. The van der Waals surface area contributed by atoms with E-state index in [1.165, 1.54) is 19.3 Å². The molecule has 1 heterocycles. The fraction of sp³-hybridized carbons (Fsp3) is 0.583. The summed E-state index contributed by atoms with van der Waals surface area (Å²) in [5, 5.41) is 10.2. The SMILES string of the molecule is Nc1ccncc1C(O)C1CCCCC1. The summed E-state index contributed by atoms with van der Waals surface area (Å²) in [6.45, 7) is 0. The Morgan fingerprint density at radius 3 is 2.73 bits per heavy atom. The standard InChI is InChI=1S/C12H18N2O/c13-11-6-7-14-8-10(11)12(15)9-4-2-1-3-5-9/h6-9,12,15H,1-5H2,(H2,13,14). The molecular weight excluding hydrogens is 188 g/mol. The Bertz CT molecular complexity index is 321. The van der Waals surface area contributed by atoms with Gasteiger partial charge in [0.25, 0.3) is 0 Å². The lowest BCUT2D eigenvalue weighted by molar-refractivity contribution is 0.0852. The van der Waals surface area contributed by atoms with E-state index in [1.807, 2.05) is 0 Å². The summed E-state index contributed by atoms with van der Waals surface area (Å²) in [7, 11) is 0. The first kappa shape index (κ1) is 10.4. The predicted octanol–water partition coefficient (Wildman–Crippen LogP) is 2.28. The number of hydrogen-bond donors (Lipinski definition) is 2. The minimum absolute atomic E-state index is 0.366. The second-order valence-corrected chi connectivity index (χ2v) is 4.35. The van der Waals surface area contributed by atoms with E-state index in [9.17, 15) is 5.11 Å². The molecule has 3 N–H and O–H groups in total. The number of hydrogen-bond acceptors (Lipinski definition) is 3. The Kier molecular flexibility index (Phi) is 3.21. The van der Waals surface area contributed by atoms with Crippen molar-refractivity contribution in [1.82, 2.24) is 4.98 Å². The van der Waals surface area contributed by atoms with E-state index in [1.54, 1.807) is 18.5 Å². The number of aliphatic hydroxyl groups is 1. The number of nitrogens with zero attached hydrogens (tertiary/aromatic N) is 1. The van der Waals surface area contributed by atoms with Crippen molar-refractivity contribution in [1.29, 1.82) is 0 Å². The molecule has 0 aromatic carbocycles. The number of rotatable bonds is 2. The van der Waals surface area contributed by atoms with Crippen LogP contribution in [0.5, 0.6) is 0 Å². The van der Waals surface area contributed by atoms with Crippen LogP contribution in [0.2, 0.25) is 0 Å². The average molecular weight is 206 g/mol. The maximum absolute atomic E-state index is 10.2. The topological polar surface area (TPSA) is 59.1 Å². The third-order valence-corrected chi connectivity index (χ3v) is 3.30. The summed E-state index contributed by atoms with van der Waals surface area (Å²) in [5.74, 6) is 0.366. The van der Waals surface area contributed by atoms with Crippen LogP contribution in [0, 0.1) is 5.92 Å². The molecule has 1 saturated carbocycles. The first-order valence-corrected chi connectivity index (χ1v) is 5.66. The predicted molar refractivity (Wildman–Crippen MR) is 60.2 cm³/mol. The Labute approximate surface area is 90.3 Å². The molecule has 1 fully saturated rings. The van der Waals surface area contributed by atoms with Gasteiger partial charge >= 0.3 is 0 Å². The Morgan fingerprint density at radius 2 is 2.07 bits per heavy atom. The van der Waals surface area contributed by atoms with Gasteiger partial charge in [0.2, 0.25) is 0 Å². The molecule has 0 saturated heterocycles. The lowest BCUT2D eigenvalue weighted by Gasteiger charge is -2.27. The molecule has 0 bridgehead atoms. The van der Waals surface area contributed by atoms with Crippen LogP contribution >= 0.6 is 0 Å². The van der Waals surface area contributed by atoms with Crippen LogP contribution in [0.3, 0.4) is 0 Å². The first-order valence-electron chi connectivity index (χ1n) is 5.66. The number of nitrogens with two attached hydrogens (primary N) is 1. The highest BCUT2D eigenvalue weighted by molar-refractivity contribution is 5.45. The highest BCUT2D eigenvalue weighted by Crippen LogP contribution is 2.35. The second kappa shape index (κ2) is 4.62. The van der Waals surface area contributed by atoms with Crippen LogP contribution < -0.4 is 5.73 Å². The number of pyridine rings is 1. The summed E-state index contributed by atoms with van der Waals surface area (Å²) < 4.78 is 0. The normalized spacial score (nSPS) is 20.1. The molecule has 2 rings (SSSR count). The van der Waals surface area contributed by atoms with Crippen molar-refractivity contribution in [3.63, 3.8) is 0 Å². The zero-order valence-electron chi connectivity index (χ0n) is 8.89. The van der Waals surface area contributed by atoms with Gasteiger partial charge in [0.15, 0.2) is 0 Å². The minimum Gasteiger partial charge on any atom is -0.398 e. The van der Waals surface area contributed by atoms with Crippen LogP contribution in [0.25, 0.3) is 0 Å². The van der Waals surface area contributed by atoms with Crippen LogP contribution in [0.15, 0.2) is 18.5 Å². The van der Waals surface area contributed by atoms with E-state index >= 15 is 0 Å². The van der Waals surface area contributed by atoms with Gasteiger partial charge in [0.05, 0.1) is 6.10 Å². The molecule has 0 amide bonds. The van der Waals surface area contributed by atoms with Gasteiger partial charge in [0.1, 0.15) is 0 Å². The van der Waals surface area contributed by atoms with Gasteiger partial charge in [-0.05, 0) is 24.8 Å². The van der Waals surface area contributed by atoms with Crippen molar-refractivity contribution >= 4 is 5.69 Å². The van der Waals surface area contributed by atoms with E-state index in [-0.39, 0.29) is 0 Å². The first-order chi connectivity index (χ1) is 7.29. The van der Waals surface area contributed by atoms with E-state index < -0.39 is 6.10 Å². The second-order valence-electron chi connectivity index (χ2n) is 4.35. The van der Waals surface area contributed by atoms with E-state index in [4.69, 9.17) is 5.73 Å². The van der Waals surface area contributed by atoms with Gasteiger partial charge in [-0.1, -0.05) is 19.3 Å². The van der Waals surface area contributed by atoms with E-state index in [0.29, 0.717) is 11.6 Å². The Morgan fingerprint density at radius 1 is 1.33 bits per heavy atom. The van der Waals surface area contributed by atoms with Crippen molar-refractivity contribution in [3.8, 4) is 0 Å². The molecule has 1 atom stereocenters. The summed E-state index contributed by atoms with van der Waals surface area (Å²) in [4.78, 5) is 4.02. The molecule has 1 aliphatic rings. The Balaban J connectivity index is 2.12. The van der Waals surface area contributed by atoms with Crippen molar-refractivity contribution in [2.24, 2.45) is 5.92 Å². The molecule has 1 aliphatic carbocycles. The molecule has 3 nitrogen and oxygen atoms in total.